The summed E-state index contributed by atoms with van der Waals surface area (Å²) < 4.78 is 7.08. The molecule has 0 bridgehead atoms. The fourth-order valence-corrected chi connectivity index (χ4v) is 3.59. The third-order valence-electron chi connectivity index (χ3n) is 4.01. The summed E-state index contributed by atoms with van der Waals surface area (Å²) >= 11 is 1.42. The van der Waals surface area contributed by atoms with Crippen LogP contribution in [-0.2, 0) is 16.1 Å². The van der Waals surface area contributed by atoms with E-state index in [0.29, 0.717) is 23.6 Å². The third kappa shape index (κ3) is 4.68. The highest BCUT2D eigenvalue weighted by Gasteiger charge is 2.24. The maximum Gasteiger partial charge on any atom is 0.337 e. The normalized spacial score (nSPS) is 13.9. The topological polar surface area (TPSA) is 98.1 Å². The Labute approximate surface area is 161 Å². The molecule has 0 fully saturated rings. The third-order valence-corrected chi connectivity index (χ3v) is 5.00. The van der Waals surface area contributed by atoms with Crippen molar-refractivity contribution in [3.05, 3.63) is 53.0 Å². The number of thioether (sulfide) groups is 1. The molecular weight excluding hydrogens is 366 g/mol. The van der Waals surface area contributed by atoms with Crippen LogP contribution in [0.15, 0.2) is 46.8 Å². The quantitative estimate of drug-likeness (QED) is 0.556. The Balaban J connectivity index is 1.77. The zero-order valence-electron chi connectivity index (χ0n) is 15.2. The van der Waals surface area contributed by atoms with Crippen LogP contribution in [0, 0.1) is 6.92 Å². The molecule has 1 aliphatic rings. The van der Waals surface area contributed by atoms with E-state index in [1.807, 2.05) is 41.8 Å². The van der Waals surface area contributed by atoms with E-state index in [1.54, 1.807) is 6.92 Å². The van der Waals surface area contributed by atoms with Gasteiger partial charge in [0, 0.05) is 11.4 Å². The molecule has 1 aromatic carbocycles. The summed E-state index contributed by atoms with van der Waals surface area (Å²) in [6.45, 7) is 4.73. The lowest BCUT2D eigenvalue weighted by molar-refractivity contribution is -0.138. The molecule has 0 unspecified atom stereocenters. The summed E-state index contributed by atoms with van der Waals surface area (Å²) in [5.41, 5.74) is 2.10. The van der Waals surface area contributed by atoms with E-state index in [9.17, 15) is 9.59 Å². The van der Waals surface area contributed by atoms with Gasteiger partial charge in [0.25, 0.3) is 0 Å². The Morgan fingerprint density at radius 1 is 1.30 bits per heavy atom. The predicted octanol–water partition coefficient (Wildman–Crippen LogP) is 1.86. The number of amides is 2. The summed E-state index contributed by atoms with van der Waals surface area (Å²) in [5, 5.41) is 14.4. The second kappa shape index (κ2) is 8.72. The first kappa shape index (κ1) is 19.0. The zero-order valence-corrected chi connectivity index (χ0v) is 16.0. The van der Waals surface area contributed by atoms with Gasteiger partial charge in [0.05, 0.1) is 25.3 Å². The van der Waals surface area contributed by atoms with Gasteiger partial charge in [-0.1, -0.05) is 42.1 Å². The lowest BCUT2D eigenvalue weighted by Crippen LogP contribution is -2.44. The molecule has 27 heavy (non-hydrogen) atoms. The van der Waals surface area contributed by atoms with Crippen molar-refractivity contribution in [2.75, 3.05) is 18.9 Å². The van der Waals surface area contributed by atoms with E-state index in [4.69, 9.17) is 4.74 Å². The van der Waals surface area contributed by atoms with Crippen LogP contribution in [0.25, 0.3) is 0 Å². The van der Waals surface area contributed by atoms with Crippen LogP contribution in [0.3, 0.4) is 0 Å². The zero-order chi connectivity index (χ0) is 19.2. The maximum atomic E-state index is 12.1. The number of benzene rings is 1. The van der Waals surface area contributed by atoms with Crippen molar-refractivity contribution in [2.45, 2.75) is 25.5 Å². The summed E-state index contributed by atoms with van der Waals surface area (Å²) in [6.07, 6.45) is 0. The first-order chi connectivity index (χ1) is 13.1. The van der Waals surface area contributed by atoms with Crippen LogP contribution in [-0.4, -0.2) is 45.7 Å². The lowest BCUT2D eigenvalue weighted by atomic mass is 10.2. The fourth-order valence-electron chi connectivity index (χ4n) is 2.62. The Bertz CT molecular complexity index is 863. The van der Waals surface area contributed by atoms with Gasteiger partial charge in [-0.2, -0.15) is 0 Å². The number of aryl methyl sites for hydroxylation is 1. The number of hydrogen-bond acceptors (Lipinski definition) is 6. The molecule has 1 aromatic heterocycles. The van der Waals surface area contributed by atoms with Crippen molar-refractivity contribution < 1.29 is 14.3 Å². The number of ether oxygens (including phenoxy) is 1. The van der Waals surface area contributed by atoms with Gasteiger partial charge >= 0.3 is 12.0 Å². The molecule has 8 nitrogen and oxygen atoms in total. The SMILES string of the molecule is CCOC(=O)C1=C(CSc2nnc(C)n2Cc2ccccc2)NC(=O)NC1. The largest absolute Gasteiger partial charge is 0.463 e. The maximum absolute atomic E-state index is 12.1. The van der Waals surface area contributed by atoms with Crippen molar-refractivity contribution >= 4 is 23.8 Å². The van der Waals surface area contributed by atoms with Crippen molar-refractivity contribution in [3.8, 4) is 0 Å². The van der Waals surface area contributed by atoms with Gasteiger partial charge in [0.2, 0.25) is 0 Å². The fraction of sp³-hybridized carbons (Fsp3) is 0.333. The molecule has 0 aliphatic carbocycles. The molecule has 9 heteroatoms. The van der Waals surface area contributed by atoms with Gasteiger partial charge < -0.3 is 19.9 Å². The highest BCUT2D eigenvalue weighted by atomic mass is 32.2. The average molecular weight is 387 g/mol. The molecule has 1 aliphatic heterocycles. The number of nitrogens with one attached hydrogen (secondary N) is 2. The first-order valence-electron chi connectivity index (χ1n) is 8.59. The molecule has 2 amide bonds. The van der Waals surface area contributed by atoms with E-state index >= 15 is 0 Å². The first-order valence-corrected chi connectivity index (χ1v) is 9.57. The van der Waals surface area contributed by atoms with E-state index in [-0.39, 0.29) is 19.2 Å². The standard InChI is InChI=1S/C18H21N5O3S/c1-3-26-16(24)14-9-19-17(25)20-15(14)11-27-18-22-21-12(2)23(18)10-13-7-5-4-6-8-13/h4-8H,3,9-11H2,1-2H3,(H2,19,20,25). The van der Waals surface area contributed by atoms with Gasteiger partial charge in [-0.3, -0.25) is 0 Å². The number of carbonyl (C=O) groups excluding carboxylic acids is 2. The minimum Gasteiger partial charge on any atom is -0.463 e. The van der Waals surface area contributed by atoms with Gasteiger partial charge in [0.15, 0.2) is 5.16 Å². The minimum absolute atomic E-state index is 0.149. The summed E-state index contributed by atoms with van der Waals surface area (Å²) in [4.78, 5) is 23.8. The number of esters is 1. The monoisotopic (exact) mass is 387 g/mol. The Kier molecular flexibility index (Phi) is 6.12. The number of urea groups is 1. The number of rotatable bonds is 7. The molecular formula is C18H21N5O3S. The Morgan fingerprint density at radius 2 is 2.07 bits per heavy atom. The van der Waals surface area contributed by atoms with Gasteiger partial charge in [0.1, 0.15) is 5.82 Å². The van der Waals surface area contributed by atoms with Crippen LogP contribution in [0.5, 0.6) is 0 Å². The Hall–Kier alpha value is -2.81. The Morgan fingerprint density at radius 3 is 2.81 bits per heavy atom. The van der Waals surface area contributed by atoms with Crippen LogP contribution in [0.2, 0.25) is 0 Å². The number of aromatic nitrogens is 3. The van der Waals surface area contributed by atoms with Crippen LogP contribution >= 0.6 is 11.8 Å². The van der Waals surface area contributed by atoms with Crippen molar-refractivity contribution in [2.24, 2.45) is 0 Å². The smallest absolute Gasteiger partial charge is 0.337 e. The summed E-state index contributed by atoms with van der Waals surface area (Å²) in [6, 6.07) is 9.71. The molecule has 0 saturated heterocycles. The second-order valence-electron chi connectivity index (χ2n) is 5.88. The van der Waals surface area contributed by atoms with Crippen molar-refractivity contribution in [1.29, 1.82) is 0 Å². The minimum atomic E-state index is -0.428. The number of carbonyl (C=O) groups is 2. The van der Waals surface area contributed by atoms with Crippen molar-refractivity contribution in [3.63, 3.8) is 0 Å². The molecule has 0 saturated carbocycles. The summed E-state index contributed by atoms with van der Waals surface area (Å²) in [5.74, 6) is 0.756. The number of hydrogen-bond donors (Lipinski definition) is 2. The predicted molar refractivity (Wildman–Crippen MR) is 101 cm³/mol. The molecule has 2 heterocycles. The van der Waals surface area contributed by atoms with Crippen LogP contribution in [0.4, 0.5) is 4.79 Å². The summed E-state index contributed by atoms with van der Waals surface area (Å²) in [7, 11) is 0. The van der Waals surface area contributed by atoms with Gasteiger partial charge in [-0.15, -0.1) is 10.2 Å². The molecule has 2 N–H and O–H groups in total. The second-order valence-corrected chi connectivity index (χ2v) is 6.82. The highest BCUT2D eigenvalue weighted by molar-refractivity contribution is 7.99. The average Bonchev–Trinajstić information content (AvgIpc) is 3.01. The van der Waals surface area contributed by atoms with Crippen LogP contribution < -0.4 is 10.6 Å². The van der Waals surface area contributed by atoms with Gasteiger partial charge in [-0.05, 0) is 19.4 Å². The molecule has 0 spiro atoms. The van der Waals surface area contributed by atoms with E-state index in [0.717, 1.165) is 16.5 Å². The van der Waals surface area contributed by atoms with E-state index < -0.39 is 5.97 Å². The number of nitrogens with zero attached hydrogens (tertiary/aromatic N) is 3. The van der Waals surface area contributed by atoms with Crippen LogP contribution in [0.1, 0.15) is 18.3 Å². The highest BCUT2D eigenvalue weighted by Crippen LogP contribution is 2.22. The van der Waals surface area contributed by atoms with Gasteiger partial charge in [-0.25, -0.2) is 9.59 Å². The molecule has 0 radical (unpaired) electrons. The molecule has 3 rings (SSSR count). The van der Waals surface area contributed by atoms with E-state index in [1.165, 1.54) is 11.8 Å². The van der Waals surface area contributed by atoms with E-state index in [2.05, 4.69) is 20.8 Å². The lowest BCUT2D eigenvalue weighted by Gasteiger charge is -2.21. The van der Waals surface area contributed by atoms with Crippen molar-refractivity contribution in [1.82, 2.24) is 25.4 Å². The molecule has 2 aromatic rings. The molecule has 0 atom stereocenters. The molecule has 142 valence electrons.